The van der Waals surface area contributed by atoms with Gasteiger partial charge in [-0.1, -0.05) is 11.3 Å². The molecule has 1 amide bonds. The van der Waals surface area contributed by atoms with Crippen LogP contribution < -0.4 is 15.3 Å². The highest BCUT2D eigenvalue weighted by molar-refractivity contribution is 7.16. The van der Waals surface area contributed by atoms with E-state index in [0.717, 1.165) is 11.3 Å². The highest BCUT2D eigenvalue weighted by Gasteiger charge is 2.30. The number of ether oxygens (including phenoxy) is 3. The summed E-state index contributed by atoms with van der Waals surface area (Å²) in [6.45, 7) is 3.90. The number of nitrogens with two attached hydrogens (primary N) is 1. The number of aliphatic hydroxyl groups excluding tert-OH is 1. The molecular weight excluding hydrogens is 390 g/mol. The first-order chi connectivity index (χ1) is 13.5. The second kappa shape index (κ2) is 8.71. The van der Waals surface area contributed by atoms with E-state index < -0.39 is 12.3 Å². The molecule has 1 saturated heterocycles. The largest absolute Gasteiger partial charge is 0.455 e. The van der Waals surface area contributed by atoms with E-state index in [1.165, 1.54) is 9.47 Å². The highest BCUT2D eigenvalue weighted by atomic mass is 32.1. The Morgan fingerprint density at radius 1 is 1.43 bits per heavy atom. The maximum Gasteiger partial charge on any atom is 0.412 e. The van der Waals surface area contributed by atoms with Gasteiger partial charge in [-0.25, -0.2) is 4.79 Å². The van der Waals surface area contributed by atoms with E-state index in [1.807, 2.05) is 0 Å². The molecule has 1 aliphatic rings. The Morgan fingerprint density at radius 3 is 2.86 bits per heavy atom. The highest BCUT2D eigenvalue weighted by Crippen LogP contribution is 2.33. The van der Waals surface area contributed by atoms with Crippen LogP contribution in [0.4, 0.5) is 10.7 Å². The number of hydrogen-bond acceptors (Lipinski definition) is 10. The topological polar surface area (TPSA) is 142 Å². The van der Waals surface area contributed by atoms with Crippen LogP contribution in [0.25, 0.3) is 10.3 Å². The van der Waals surface area contributed by atoms with Crippen molar-refractivity contribution in [3.8, 4) is 5.88 Å². The molecular formula is C16H23N5O6S. The minimum Gasteiger partial charge on any atom is -0.455 e. The molecule has 0 bridgehead atoms. The van der Waals surface area contributed by atoms with Crippen LogP contribution >= 0.6 is 11.3 Å². The predicted molar refractivity (Wildman–Crippen MR) is 101 cm³/mol. The van der Waals surface area contributed by atoms with Gasteiger partial charge in [0.2, 0.25) is 11.8 Å². The van der Waals surface area contributed by atoms with Gasteiger partial charge in [-0.05, 0) is 26.7 Å². The van der Waals surface area contributed by atoms with E-state index in [0.29, 0.717) is 29.7 Å². The van der Waals surface area contributed by atoms with Crippen molar-refractivity contribution in [3.05, 3.63) is 9.67 Å². The lowest BCUT2D eigenvalue weighted by atomic mass is 10.2. The minimum absolute atomic E-state index is 0.0649. The lowest BCUT2D eigenvalue weighted by Crippen LogP contribution is -2.35. The van der Waals surface area contributed by atoms with Crippen LogP contribution in [0.15, 0.2) is 4.79 Å². The molecule has 0 spiro atoms. The zero-order chi connectivity index (χ0) is 20.3. The van der Waals surface area contributed by atoms with Gasteiger partial charge in [-0.3, -0.25) is 14.3 Å². The van der Waals surface area contributed by atoms with Gasteiger partial charge in [-0.15, -0.1) is 0 Å². The van der Waals surface area contributed by atoms with Crippen molar-refractivity contribution in [2.45, 2.75) is 39.0 Å². The second-order valence-corrected chi connectivity index (χ2v) is 7.04. The zero-order valence-corrected chi connectivity index (χ0v) is 16.5. The Balaban J connectivity index is 1.89. The number of rotatable bonds is 7. The second-order valence-electron chi connectivity index (χ2n) is 6.08. The zero-order valence-electron chi connectivity index (χ0n) is 15.7. The summed E-state index contributed by atoms with van der Waals surface area (Å²) in [5, 5.41) is 9.26. The molecule has 0 aromatic carbocycles. The average molecular weight is 413 g/mol. The molecule has 1 fully saturated rings. The number of thiazole rings is 1. The molecule has 2 aromatic rings. The van der Waals surface area contributed by atoms with Gasteiger partial charge in [0.05, 0.1) is 19.3 Å². The molecule has 0 aliphatic carbocycles. The fourth-order valence-corrected chi connectivity index (χ4v) is 3.80. The summed E-state index contributed by atoms with van der Waals surface area (Å²) in [6, 6.07) is 0. The van der Waals surface area contributed by atoms with Crippen LogP contribution in [0.5, 0.6) is 5.88 Å². The molecule has 0 radical (unpaired) electrons. The fourth-order valence-electron chi connectivity index (χ4n) is 2.90. The molecule has 1 aliphatic heterocycles. The monoisotopic (exact) mass is 413 g/mol. The standard InChI is InChI=1S/C16H23N5O6S/c1-3-20(15(23)25-4-2)8-26-13-11-12(18-14(17)19-13)21(16(24)28-11)10-6-5-9(7-22)27-10/h9-10,22H,3-8H2,1-2H3,(H2,17,18,19). The maximum absolute atomic E-state index is 12.6. The van der Waals surface area contributed by atoms with E-state index in [9.17, 15) is 14.7 Å². The van der Waals surface area contributed by atoms with Crippen LogP contribution in [0, 0.1) is 0 Å². The Hall–Kier alpha value is -2.44. The third-order valence-electron chi connectivity index (χ3n) is 4.29. The molecule has 2 atom stereocenters. The van der Waals surface area contributed by atoms with Crippen molar-refractivity contribution in [1.29, 1.82) is 0 Å². The Morgan fingerprint density at radius 2 is 2.21 bits per heavy atom. The van der Waals surface area contributed by atoms with Gasteiger partial charge in [0, 0.05) is 6.54 Å². The summed E-state index contributed by atoms with van der Waals surface area (Å²) in [5.41, 5.74) is 6.11. The summed E-state index contributed by atoms with van der Waals surface area (Å²) in [6.07, 6.45) is -0.149. The first-order valence-electron chi connectivity index (χ1n) is 8.97. The van der Waals surface area contributed by atoms with E-state index in [-0.39, 0.29) is 42.7 Å². The van der Waals surface area contributed by atoms with Crippen LogP contribution in [0.3, 0.4) is 0 Å². The number of anilines is 1. The van der Waals surface area contributed by atoms with Crippen molar-refractivity contribution < 1.29 is 24.1 Å². The number of fused-ring (bicyclic) bond motifs is 1. The average Bonchev–Trinajstić information content (AvgIpc) is 3.25. The first-order valence-corrected chi connectivity index (χ1v) is 9.79. The molecule has 0 saturated carbocycles. The van der Waals surface area contributed by atoms with Crippen molar-refractivity contribution >= 4 is 33.7 Å². The lowest BCUT2D eigenvalue weighted by Gasteiger charge is -2.20. The molecule has 12 heteroatoms. The predicted octanol–water partition coefficient (Wildman–Crippen LogP) is 0.920. The van der Waals surface area contributed by atoms with E-state index in [2.05, 4.69) is 9.97 Å². The number of nitrogens with zero attached hydrogens (tertiary/aromatic N) is 4. The Kier molecular flexibility index (Phi) is 6.31. The summed E-state index contributed by atoms with van der Waals surface area (Å²) < 4.78 is 18.2. The molecule has 3 rings (SSSR count). The van der Waals surface area contributed by atoms with Gasteiger partial charge in [0.1, 0.15) is 10.9 Å². The third-order valence-corrected chi connectivity index (χ3v) is 5.22. The van der Waals surface area contributed by atoms with Crippen molar-refractivity contribution in [3.63, 3.8) is 0 Å². The number of carbonyl (C=O) groups is 1. The van der Waals surface area contributed by atoms with Gasteiger partial charge in [0.15, 0.2) is 12.4 Å². The number of nitrogen functional groups attached to an aromatic ring is 1. The molecule has 28 heavy (non-hydrogen) atoms. The van der Waals surface area contributed by atoms with Gasteiger partial charge in [0.25, 0.3) is 0 Å². The number of aliphatic hydroxyl groups is 1. The fraction of sp³-hybridized carbons (Fsp3) is 0.625. The normalized spacial score (nSPS) is 19.1. The van der Waals surface area contributed by atoms with Crippen LogP contribution in [-0.2, 0) is 9.47 Å². The van der Waals surface area contributed by atoms with E-state index >= 15 is 0 Å². The summed E-state index contributed by atoms with van der Waals surface area (Å²) in [5.74, 6) is 0.0488. The van der Waals surface area contributed by atoms with Gasteiger partial charge >= 0.3 is 11.0 Å². The van der Waals surface area contributed by atoms with Crippen molar-refractivity contribution in [2.75, 3.05) is 32.2 Å². The van der Waals surface area contributed by atoms with Crippen molar-refractivity contribution in [1.82, 2.24) is 19.4 Å². The SMILES string of the molecule is CCOC(=O)N(CC)COc1nc(N)nc2c1sc(=O)n2C1CCC(CO)O1. The van der Waals surface area contributed by atoms with E-state index in [4.69, 9.17) is 19.9 Å². The molecule has 3 heterocycles. The Bertz CT molecular complexity index is 900. The molecule has 154 valence electrons. The number of amides is 1. The molecule has 2 unspecified atom stereocenters. The van der Waals surface area contributed by atoms with Crippen LogP contribution in [-0.4, -0.2) is 63.2 Å². The van der Waals surface area contributed by atoms with Crippen LogP contribution in [0.1, 0.15) is 32.9 Å². The lowest BCUT2D eigenvalue weighted by molar-refractivity contribution is -0.0214. The summed E-state index contributed by atoms with van der Waals surface area (Å²) in [4.78, 5) is 33.8. The third kappa shape index (κ3) is 4.03. The minimum atomic E-state index is -0.535. The number of aromatic nitrogens is 3. The first kappa shape index (κ1) is 20.3. The Labute approximate surface area is 164 Å². The number of carbonyl (C=O) groups excluding carboxylic acids is 1. The van der Waals surface area contributed by atoms with Gasteiger partial charge < -0.3 is 25.1 Å². The molecule has 3 N–H and O–H groups in total. The number of hydrogen-bond donors (Lipinski definition) is 2. The van der Waals surface area contributed by atoms with Gasteiger partial charge in [-0.2, -0.15) is 9.97 Å². The quantitative estimate of drug-likeness (QED) is 0.633. The maximum atomic E-state index is 12.6. The molecule has 2 aromatic heterocycles. The van der Waals surface area contributed by atoms with Crippen LogP contribution in [0.2, 0.25) is 0 Å². The summed E-state index contributed by atoms with van der Waals surface area (Å²) >= 11 is 0.912. The smallest absolute Gasteiger partial charge is 0.412 e. The summed E-state index contributed by atoms with van der Waals surface area (Å²) in [7, 11) is 0. The van der Waals surface area contributed by atoms with Crippen molar-refractivity contribution in [2.24, 2.45) is 0 Å². The van der Waals surface area contributed by atoms with E-state index in [1.54, 1.807) is 13.8 Å². The molecule has 11 nitrogen and oxygen atoms in total.